The van der Waals surface area contributed by atoms with Gasteiger partial charge in [0.15, 0.2) is 0 Å². The van der Waals surface area contributed by atoms with Gasteiger partial charge in [0, 0.05) is 13.1 Å². The molecule has 10 heteroatoms. The van der Waals surface area contributed by atoms with Crippen molar-refractivity contribution in [1.82, 2.24) is 18.8 Å². The average Bonchev–Trinajstić information content (AvgIpc) is 3.40. The van der Waals surface area contributed by atoms with Crippen LogP contribution in [0.1, 0.15) is 12.8 Å². The standard InChI is InChI=1S/C22H26N4O5S/c1-31-17-8-10-18(11-9-17)32(29,30)26-20-7-3-2-6-19(20)25(22(26)28)16-21(27)23-12-15-24-13-4-5-14-24/h2-3,6-11H,4-5,12-16H2,1H3,(H,23,27). The Balaban J connectivity index is 1.62. The first-order valence-electron chi connectivity index (χ1n) is 10.5. The Labute approximate surface area is 186 Å². The van der Waals surface area contributed by atoms with Crippen molar-refractivity contribution in [3.05, 3.63) is 59.0 Å². The van der Waals surface area contributed by atoms with E-state index in [1.165, 1.54) is 48.8 Å². The molecule has 0 atom stereocenters. The number of para-hydroxylation sites is 2. The largest absolute Gasteiger partial charge is 0.497 e. The van der Waals surface area contributed by atoms with Crippen LogP contribution in [0.15, 0.2) is 58.2 Å². The maximum atomic E-state index is 13.3. The van der Waals surface area contributed by atoms with E-state index in [0.29, 0.717) is 17.8 Å². The molecule has 4 rings (SSSR count). The predicted octanol–water partition coefficient (Wildman–Crippen LogP) is 1.26. The monoisotopic (exact) mass is 458 g/mol. The number of amides is 1. The van der Waals surface area contributed by atoms with E-state index in [2.05, 4.69) is 10.2 Å². The van der Waals surface area contributed by atoms with Gasteiger partial charge in [-0.1, -0.05) is 12.1 Å². The van der Waals surface area contributed by atoms with Crippen molar-refractivity contribution < 1.29 is 17.9 Å². The molecule has 1 aliphatic rings. The number of imidazole rings is 1. The third kappa shape index (κ3) is 4.28. The fourth-order valence-electron chi connectivity index (χ4n) is 3.98. The van der Waals surface area contributed by atoms with E-state index in [9.17, 15) is 18.0 Å². The number of carbonyl (C=O) groups is 1. The number of ether oxygens (including phenoxy) is 1. The van der Waals surface area contributed by atoms with Gasteiger partial charge >= 0.3 is 5.69 Å². The van der Waals surface area contributed by atoms with Gasteiger partial charge in [0.25, 0.3) is 10.0 Å². The van der Waals surface area contributed by atoms with Crippen LogP contribution in [-0.4, -0.2) is 61.1 Å². The number of nitrogens with zero attached hydrogens (tertiary/aromatic N) is 3. The first-order chi connectivity index (χ1) is 15.4. The third-order valence-corrected chi connectivity index (χ3v) is 7.35. The number of aromatic nitrogens is 2. The lowest BCUT2D eigenvalue weighted by atomic mass is 10.3. The summed E-state index contributed by atoms with van der Waals surface area (Å²) >= 11 is 0. The Morgan fingerprint density at radius 3 is 2.34 bits per heavy atom. The molecule has 0 spiro atoms. The molecule has 1 saturated heterocycles. The molecule has 9 nitrogen and oxygen atoms in total. The van der Waals surface area contributed by atoms with Gasteiger partial charge in [-0.2, -0.15) is 3.97 Å². The van der Waals surface area contributed by atoms with Crippen molar-refractivity contribution in [1.29, 1.82) is 0 Å². The summed E-state index contributed by atoms with van der Waals surface area (Å²) in [5.41, 5.74) is -0.181. The van der Waals surface area contributed by atoms with Crippen LogP contribution in [0, 0.1) is 0 Å². The molecule has 0 unspecified atom stereocenters. The Kier molecular flexibility index (Phi) is 6.33. The molecule has 1 fully saturated rings. The maximum Gasteiger partial charge on any atom is 0.343 e. The highest BCUT2D eigenvalue weighted by Gasteiger charge is 2.26. The molecule has 1 amide bonds. The minimum absolute atomic E-state index is 0.0432. The van der Waals surface area contributed by atoms with E-state index in [1.807, 2.05) is 0 Å². The summed E-state index contributed by atoms with van der Waals surface area (Å²) < 4.78 is 33.6. The van der Waals surface area contributed by atoms with Gasteiger partial charge in [0.05, 0.1) is 23.0 Å². The van der Waals surface area contributed by atoms with Crippen molar-refractivity contribution >= 4 is 27.0 Å². The zero-order chi connectivity index (χ0) is 22.7. The Hall–Kier alpha value is -3.11. The van der Waals surface area contributed by atoms with E-state index in [0.717, 1.165) is 23.6 Å². The van der Waals surface area contributed by atoms with Crippen molar-refractivity contribution in [2.45, 2.75) is 24.3 Å². The third-order valence-electron chi connectivity index (χ3n) is 5.64. The molecule has 2 heterocycles. The second kappa shape index (κ2) is 9.17. The number of carbonyl (C=O) groups excluding carboxylic acids is 1. The van der Waals surface area contributed by atoms with E-state index < -0.39 is 15.7 Å². The maximum absolute atomic E-state index is 13.3. The lowest BCUT2D eigenvalue weighted by Gasteiger charge is -2.14. The zero-order valence-corrected chi connectivity index (χ0v) is 18.7. The summed E-state index contributed by atoms with van der Waals surface area (Å²) in [6, 6.07) is 12.4. The number of likely N-dealkylation sites (tertiary alicyclic amines) is 1. The number of rotatable bonds is 8. The highest BCUT2D eigenvalue weighted by atomic mass is 32.2. The van der Waals surface area contributed by atoms with Crippen LogP contribution in [-0.2, 0) is 21.4 Å². The first-order valence-corrected chi connectivity index (χ1v) is 11.9. The second-order valence-corrected chi connectivity index (χ2v) is 9.49. The molecule has 0 saturated carbocycles. The minimum atomic E-state index is -4.17. The van der Waals surface area contributed by atoms with Crippen molar-refractivity contribution in [2.24, 2.45) is 0 Å². The summed E-state index contributed by atoms with van der Waals surface area (Å²) in [4.78, 5) is 27.9. The molecule has 3 aromatic rings. The van der Waals surface area contributed by atoms with E-state index in [1.54, 1.807) is 24.3 Å². The van der Waals surface area contributed by atoms with Crippen LogP contribution in [0.25, 0.3) is 11.0 Å². The summed E-state index contributed by atoms with van der Waals surface area (Å²) in [5, 5.41) is 2.83. The van der Waals surface area contributed by atoms with Crippen LogP contribution >= 0.6 is 0 Å². The number of hydrogen-bond donors (Lipinski definition) is 1. The SMILES string of the molecule is COc1ccc(S(=O)(=O)n2c(=O)n(CC(=O)NCCN3CCCC3)c3ccccc32)cc1. The van der Waals surface area contributed by atoms with E-state index in [-0.39, 0.29) is 22.9 Å². The van der Waals surface area contributed by atoms with Gasteiger partial charge in [0.2, 0.25) is 5.91 Å². The molecular formula is C22H26N4O5S. The molecule has 1 aliphatic heterocycles. The minimum Gasteiger partial charge on any atom is -0.497 e. The lowest BCUT2D eigenvalue weighted by molar-refractivity contribution is -0.121. The Morgan fingerprint density at radius 1 is 1.03 bits per heavy atom. The molecular weight excluding hydrogens is 432 g/mol. The van der Waals surface area contributed by atoms with Crippen LogP contribution in [0.3, 0.4) is 0 Å². The lowest BCUT2D eigenvalue weighted by Crippen LogP contribution is -2.38. The normalized spacial score (nSPS) is 14.7. The van der Waals surface area contributed by atoms with E-state index >= 15 is 0 Å². The summed E-state index contributed by atoms with van der Waals surface area (Å²) in [6.45, 7) is 3.05. The van der Waals surface area contributed by atoms with Crippen molar-refractivity contribution in [2.75, 3.05) is 33.3 Å². The Morgan fingerprint density at radius 2 is 1.69 bits per heavy atom. The number of fused-ring (bicyclic) bond motifs is 1. The smallest absolute Gasteiger partial charge is 0.343 e. The summed E-state index contributed by atoms with van der Waals surface area (Å²) in [6.07, 6.45) is 2.34. The van der Waals surface area contributed by atoms with Crippen LogP contribution < -0.4 is 15.7 Å². The molecule has 1 N–H and O–H groups in total. The Bertz CT molecular complexity index is 1270. The first kappa shape index (κ1) is 22.1. The molecule has 0 aliphatic carbocycles. The van der Waals surface area contributed by atoms with Crippen LogP contribution in [0.4, 0.5) is 0 Å². The van der Waals surface area contributed by atoms with Gasteiger partial charge in [-0.3, -0.25) is 9.36 Å². The van der Waals surface area contributed by atoms with Gasteiger partial charge < -0.3 is 15.0 Å². The average molecular weight is 459 g/mol. The van der Waals surface area contributed by atoms with Gasteiger partial charge in [0.1, 0.15) is 12.3 Å². The molecule has 0 radical (unpaired) electrons. The van der Waals surface area contributed by atoms with E-state index in [4.69, 9.17) is 4.74 Å². The summed E-state index contributed by atoms with van der Waals surface area (Å²) in [7, 11) is -2.69. The van der Waals surface area contributed by atoms with Gasteiger partial charge in [-0.25, -0.2) is 13.2 Å². The fourth-order valence-corrected chi connectivity index (χ4v) is 5.39. The van der Waals surface area contributed by atoms with Crippen LogP contribution in [0.2, 0.25) is 0 Å². The zero-order valence-electron chi connectivity index (χ0n) is 17.9. The van der Waals surface area contributed by atoms with Gasteiger partial charge in [-0.05, 0) is 62.3 Å². The molecule has 32 heavy (non-hydrogen) atoms. The van der Waals surface area contributed by atoms with Crippen LogP contribution in [0.5, 0.6) is 5.75 Å². The number of benzene rings is 2. The van der Waals surface area contributed by atoms with Gasteiger partial charge in [-0.15, -0.1) is 0 Å². The molecule has 0 bridgehead atoms. The summed E-state index contributed by atoms with van der Waals surface area (Å²) in [5.74, 6) is 0.167. The number of hydrogen-bond acceptors (Lipinski definition) is 6. The highest BCUT2D eigenvalue weighted by Crippen LogP contribution is 2.21. The second-order valence-electron chi connectivity index (χ2n) is 7.70. The highest BCUT2D eigenvalue weighted by molar-refractivity contribution is 7.90. The number of methoxy groups -OCH3 is 1. The molecule has 170 valence electrons. The topological polar surface area (TPSA) is 103 Å². The predicted molar refractivity (Wildman–Crippen MR) is 120 cm³/mol. The number of nitrogens with one attached hydrogen (secondary N) is 1. The quantitative estimate of drug-likeness (QED) is 0.545. The van der Waals surface area contributed by atoms with Crippen molar-refractivity contribution in [3.8, 4) is 5.75 Å². The molecule has 1 aromatic heterocycles. The fraction of sp³-hybridized carbons (Fsp3) is 0.364. The molecule has 2 aromatic carbocycles. The van der Waals surface area contributed by atoms with Crippen molar-refractivity contribution in [3.63, 3.8) is 0 Å².